The van der Waals surface area contributed by atoms with Gasteiger partial charge in [0.15, 0.2) is 11.0 Å². The highest BCUT2D eigenvalue weighted by molar-refractivity contribution is 7.99. The van der Waals surface area contributed by atoms with E-state index in [0.717, 1.165) is 11.1 Å². The van der Waals surface area contributed by atoms with E-state index in [1.54, 1.807) is 7.11 Å². The number of nitrogens with zero attached hydrogens (tertiary/aromatic N) is 3. The Morgan fingerprint density at radius 2 is 2.19 bits per heavy atom. The van der Waals surface area contributed by atoms with Crippen molar-refractivity contribution in [3.05, 3.63) is 42.5 Å². The molecule has 2 N–H and O–H groups in total. The lowest BCUT2D eigenvalue weighted by molar-refractivity contribution is -0.117. The molecule has 27 heavy (non-hydrogen) atoms. The maximum absolute atomic E-state index is 11.9. The van der Waals surface area contributed by atoms with E-state index in [1.807, 2.05) is 35.8 Å². The molecule has 0 unspecified atom stereocenters. The summed E-state index contributed by atoms with van der Waals surface area (Å²) in [6, 6.07) is 7.41. The van der Waals surface area contributed by atoms with Gasteiger partial charge in [0.25, 0.3) is 0 Å². The first-order valence-electron chi connectivity index (χ1n) is 8.35. The number of aromatic nitrogens is 3. The first-order valence-corrected chi connectivity index (χ1v) is 9.34. The highest BCUT2D eigenvalue weighted by Gasteiger charge is 2.16. The molecular formula is C18H23N5O3S. The molecule has 1 heterocycles. The minimum Gasteiger partial charge on any atom is -0.383 e. The summed E-state index contributed by atoms with van der Waals surface area (Å²) in [6.07, 6.45) is 1.53. The van der Waals surface area contributed by atoms with Crippen molar-refractivity contribution in [3.63, 3.8) is 0 Å². The highest BCUT2D eigenvalue weighted by atomic mass is 32.2. The van der Waals surface area contributed by atoms with Crippen LogP contribution in [0, 0.1) is 6.92 Å². The van der Waals surface area contributed by atoms with Gasteiger partial charge in [0.1, 0.15) is 0 Å². The van der Waals surface area contributed by atoms with Crippen molar-refractivity contribution in [2.45, 2.75) is 18.6 Å². The Hall–Kier alpha value is -2.65. The molecule has 0 radical (unpaired) electrons. The molecule has 0 saturated heterocycles. The van der Waals surface area contributed by atoms with Crippen LogP contribution in [0.3, 0.4) is 0 Å². The normalized spacial score (nSPS) is 10.4. The molecule has 2 rings (SSSR count). The fourth-order valence-electron chi connectivity index (χ4n) is 2.28. The zero-order valence-corrected chi connectivity index (χ0v) is 16.2. The number of thioether (sulfide) groups is 1. The second-order valence-electron chi connectivity index (χ2n) is 5.66. The number of aryl methyl sites for hydroxylation is 1. The molecule has 8 nitrogen and oxygen atoms in total. The van der Waals surface area contributed by atoms with Gasteiger partial charge in [-0.1, -0.05) is 41.6 Å². The second kappa shape index (κ2) is 10.5. The Balaban J connectivity index is 2.08. The first-order chi connectivity index (χ1) is 13.0. The van der Waals surface area contributed by atoms with Gasteiger partial charge < -0.3 is 10.1 Å². The number of amides is 3. The fraction of sp³-hybridized carbons (Fsp3) is 0.333. The van der Waals surface area contributed by atoms with Gasteiger partial charge in [0, 0.05) is 19.2 Å². The fourth-order valence-corrected chi connectivity index (χ4v) is 3.04. The number of hydrogen-bond acceptors (Lipinski definition) is 6. The van der Waals surface area contributed by atoms with E-state index in [4.69, 9.17) is 4.74 Å². The molecule has 0 aliphatic rings. The van der Waals surface area contributed by atoms with Crippen LogP contribution in [0.15, 0.2) is 42.1 Å². The first kappa shape index (κ1) is 20.7. The molecule has 0 aliphatic heterocycles. The van der Waals surface area contributed by atoms with Gasteiger partial charge in [0.2, 0.25) is 5.91 Å². The summed E-state index contributed by atoms with van der Waals surface area (Å²) >= 11 is 1.21. The molecule has 0 aliphatic carbocycles. The van der Waals surface area contributed by atoms with E-state index in [9.17, 15) is 9.59 Å². The third kappa shape index (κ3) is 6.22. The molecule has 0 spiro atoms. The van der Waals surface area contributed by atoms with Crippen molar-refractivity contribution in [2.75, 3.05) is 26.0 Å². The van der Waals surface area contributed by atoms with E-state index >= 15 is 0 Å². The van der Waals surface area contributed by atoms with Gasteiger partial charge in [-0.3, -0.25) is 14.7 Å². The van der Waals surface area contributed by atoms with Gasteiger partial charge >= 0.3 is 6.03 Å². The third-order valence-electron chi connectivity index (χ3n) is 3.50. The van der Waals surface area contributed by atoms with Crippen LogP contribution in [0.2, 0.25) is 0 Å². The number of rotatable bonds is 9. The molecule has 1 aromatic heterocycles. The molecule has 0 saturated carbocycles. The van der Waals surface area contributed by atoms with Gasteiger partial charge in [-0.2, -0.15) is 0 Å². The summed E-state index contributed by atoms with van der Waals surface area (Å²) in [5, 5.41) is 13.8. The van der Waals surface area contributed by atoms with Crippen LogP contribution < -0.4 is 10.6 Å². The smallest absolute Gasteiger partial charge is 0.321 e. The Morgan fingerprint density at radius 1 is 1.37 bits per heavy atom. The van der Waals surface area contributed by atoms with E-state index in [1.165, 1.54) is 17.8 Å². The number of carbonyl (C=O) groups is 2. The van der Waals surface area contributed by atoms with E-state index in [0.29, 0.717) is 24.1 Å². The second-order valence-corrected chi connectivity index (χ2v) is 6.60. The maximum atomic E-state index is 11.9. The summed E-state index contributed by atoms with van der Waals surface area (Å²) in [6.45, 7) is 6.83. The molecule has 3 amide bonds. The van der Waals surface area contributed by atoms with Crippen molar-refractivity contribution < 1.29 is 14.3 Å². The van der Waals surface area contributed by atoms with Crippen LogP contribution >= 0.6 is 11.8 Å². The molecule has 1 aromatic carbocycles. The monoisotopic (exact) mass is 389 g/mol. The molecule has 0 atom stereocenters. The molecule has 0 fully saturated rings. The number of hydrogen-bond donors (Lipinski definition) is 2. The highest BCUT2D eigenvalue weighted by Crippen LogP contribution is 2.24. The van der Waals surface area contributed by atoms with Crippen molar-refractivity contribution >= 4 is 23.7 Å². The minimum atomic E-state index is -0.554. The average Bonchev–Trinajstić information content (AvgIpc) is 3.05. The number of imide groups is 1. The zero-order chi connectivity index (χ0) is 19.6. The van der Waals surface area contributed by atoms with E-state index in [2.05, 4.69) is 27.4 Å². The Bertz CT molecular complexity index is 806. The van der Waals surface area contributed by atoms with Crippen LogP contribution in [-0.4, -0.2) is 52.7 Å². The molecule has 2 aromatic rings. The third-order valence-corrected chi connectivity index (χ3v) is 4.47. The molecule has 0 bridgehead atoms. The van der Waals surface area contributed by atoms with Crippen LogP contribution in [0.5, 0.6) is 0 Å². The predicted octanol–water partition coefficient (Wildman–Crippen LogP) is 2.00. The summed E-state index contributed by atoms with van der Waals surface area (Å²) in [5.41, 5.74) is 2.06. The maximum Gasteiger partial charge on any atom is 0.321 e. The van der Waals surface area contributed by atoms with Crippen molar-refractivity contribution in [1.29, 1.82) is 0 Å². The largest absolute Gasteiger partial charge is 0.383 e. The lowest BCUT2D eigenvalue weighted by Gasteiger charge is -2.10. The predicted molar refractivity (Wildman–Crippen MR) is 105 cm³/mol. The number of methoxy groups -OCH3 is 1. The van der Waals surface area contributed by atoms with Gasteiger partial charge in [0.05, 0.1) is 18.9 Å². The van der Waals surface area contributed by atoms with Crippen molar-refractivity contribution in [3.8, 4) is 11.4 Å². The van der Waals surface area contributed by atoms with Crippen LogP contribution in [-0.2, 0) is 16.1 Å². The summed E-state index contributed by atoms with van der Waals surface area (Å²) < 4.78 is 7.09. The van der Waals surface area contributed by atoms with Gasteiger partial charge in [-0.05, 0) is 13.0 Å². The van der Waals surface area contributed by atoms with E-state index < -0.39 is 11.9 Å². The Kier molecular flexibility index (Phi) is 8.02. The minimum absolute atomic E-state index is 0.0421. The standard InChI is InChI=1S/C18H23N5O3S/c1-4-8-19-17(25)20-15(24)12-27-18-22-21-16(23(18)9-10-26-3)14-7-5-6-13(2)11-14/h4-7,11H,1,8-10,12H2,2-3H3,(H2,19,20,24,25). The topological polar surface area (TPSA) is 98.1 Å². The summed E-state index contributed by atoms with van der Waals surface area (Å²) in [4.78, 5) is 23.4. The number of nitrogens with one attached hydrogen (secondary N) is 2. The van der Waals surface area contributed by atoms with E-state index in [-0.39, 0.29) is 12.3 Å². The van der Waals surface area contributed by atoms with Crippen molar-refractivity contribution in [1.82, 2.24) is 25.4 Å². The van der Waals surface area contributed by atoms with Crippen LogP contribution in [0.1, 0.15) is 5.56 Å². The van der Waals surface area contributed by atoms with Crippen LogP contribution in [0.4, 0.5) is 4.79 Å². The number of urea groups is 1. The van der Waals surface area contributed by atoms with Crippen molar-refractivity contribution in [2.24, 2.45) is 0 Å². The average molecular weight is 389 g/mol. The van der Waals surface area contributed by atoms with Crippen LogP contribution in [0.25, 0.3) is 11.4 Å². The lowest BCUT2D eigenvalue weighted by atomic mass is 10.1. The number of benzene rings is 1. The SMILES string of the molecule is C=CCNC(=O)NC(=O)CSc1nnc(-c2cccc(C)c2)n1CCOC. The number of ether oxygens (including phenoxy) is 1. The quantitative estimate of drug-likeness (QED) is 0.503. The molecule has 9 heteroatoms. The summed E-state index contributed by atoms with van der Waals surface area (Å²) in [7, 11) is 1.62. The molecular weight excluding hydrogens is 366 g/mol. The Labute approximate surface area is 162 Å². The number of carbonyl (C=O) groups excluding carboxylic acids is 2. The Morgan fingerprint density at radius 3 is 2.89 bits per heavy atom. The lowest BCUT2D eigenvalue weighted by Crippen LogP contribution is -2.40. The summed E-state index contributed by atoms with van der Waals surface area (Å²) in [5.74, 6) is 0.336. The zero-order valence-electron chi connectivity index (χ0n) is 15.4. The van der Waals surface area contributed by atoms with Gasteiger partial charge in [-0.15, -0.1) is 16.8 Å². The molecule has 144 valence electrons. The van der Waals surface area contributed by atoms with Gasteiger partial charge in [-0.25, -0.2) is 4.79 Å².